The Morgan fingerprint density at radius 2 is 1.18 bits per heavy atom. The van der Waals surface area contributed by atoms with E-state index in [9.17, 15) is 66.4 Å². The fourth-order valence-electron chi connectivity index (χ4n) is 14.1. The van der Waals surface area contributed by atoms with Gasteiger partial charge in [0.25, 0.3) is 0 Å². The molecule has 22 heteroatoms. The first-order chi connectivity index (χ1) is 34.4. The number of aliphatic hydroxyl groups excluding tert-OH is 13. The molecule has 420 valence electrons. The monoisotopic (exact) mass is 1050 g/mol. The van der Waals surface area contributed by atoms with Gasteiger partial charge in [-0.2, -0.15) is 0 Å². The SMILES string of the molecule is CC(C)CC[C@@H](O)[C@@H](C)[C@H]1[C@@H](O[C@@H]2O[C@H](CO)[C@@H](O)[C@H](O)[C@H]2O)C[C@H]2[C@@H]3CC=C4C[C@@H](O[C@@H]5O[C@H](CO)[C@@H](O[C@@H]6O[C@@H](C)[C@H](O)[C@@H](O)[C@H]6O)[C@H](O)[C@H]5O[C@@H]5O[C@@H](C)[C@H](O)[C@@H](O)[C@H]5O)CC[C@]4(C)[C@H]3CC(=O)[C@]12C. The Balaban J connectivity index is 1.03. The molecule has 0 aromatic carbocycles. The summed E-state index contributed by atoms with van der Waals surface area (Å²) < 4.78 is 48.9. The zero-order valence-electron chi connectivity index (χ0n) is 42.9. The molecule has 30 atom stereocenters. The normalized spacial score (nSPS) is 52.2. The maximum Gasteiger partial charge on any atom is 0.187 e. The zero-order chi connectivity index (χ0) is 53.3. The maximum absolute atomic E-state index is 15.1. The van der Waals surface area contributed by atoms with E-state index in [1.807, 2.05) is 13.8 Å². The van der Waals surface area contributed by atoms with E-state index in [-0.39, 0.29) is 30.0 Å². The topological polar surface area (TPSA) is 354 Å². The van der Waals surface area contributed by atoms with Crippen molar-refractivity contribution in [2.75, 3.05) is 13.2 Å². The Kier molecular flexibility index (Phi) is 18.0. The Labute approximate surface area is 426 Å². The third kappa shape index (κ3) is 10.6. The van der Waals surface area contributed by atoms with E-state index >= 15 is 4.79 Å². The summed E-state index contributed by atoms with van der Waals surface area (Å²) in [6.07, 6.45) is -26.4. The number of allylic oxidation sites excluding steroid dienone is 1. The number of carbonyl (C=O) groups excluding carboxylic acids is 1. The molecule has 0 aromatic rings. The minimum absolute atomic E-state index is 0.00566. The van der Waals surface area contributed by atoms with Crippen molar-refractivity contribution in [3.63, 3.8) is 0 Å². The lowest BCUT2D eigenvalue weighted by Gasteiger charge is -2.58. The third-order valence-electron chi connectivity index (χ3n) is 18.7. The van der Waals surface area contributed by atoms with Crippen LogP contribution in [0.5, 0.6) is 0 Å². The number of aliphatic hydroxyl groups is 13. The largest absolute Gasteiger partial charge is 0.394 e. The second-order valence-corrected chi connectivity index (χ2v) is 23.5. The van der Waals surface area contributed by atoms with Crippen LogP contribution in [-0.4, -0.2) is 227 Å². The lowest BCUT2D eigenvalue weighted by molar-refractivity contribution is -0.388. The molecule has 4 aliphatic carbocycles. The molecule has 3 saturated carbocycles. The Morgan fingerprint density at radius 3 is 1.75 bits per heavy atom. The molecule has 0 unspecified atom stereocenters. The average Bonchev–Trinajstić information content (AvgIpc) is 3.66. The van der Waals surface area contributed by atoms with Crippen LogP contribution in [-0.2, 0) is 42.7 Å². The summed E-state index contributed by atoms with van der Waals surface area (Å²) in [4.78, 5) is 15.1. The molecule has 4 aliphatic heterocycles. The number of ketones is 1. The number of hydrogen-bond donors (Lipinski definition) is 13. The van der Waals surface area contributed by atoms with Gasteiger partial charge in [-0.15, -0.1) is 0 Å². The molecule has 0 radical (unpaired) electrons. The lowest BCUT2D eigenvalue weighted by Crippen LogP contribution is -2.66. The van der Waals surface area contributed by atoms with Crippen molar-refractivity contribution in [3.05, 3.63) is 11.6 Å². The maximum atomic E-state index is 15.1. The quantitative estimate of drug-likeness (QED) is 0.0779. The van der Waals surface area contributed by atoms with Gasteiger partial charge in [0.2, 0.25) is 0 Å². The zero-order valence-corrected chi connectivity index (χ0v) is 42.9. The number of ether oxygens (including phenoxy) is 8. The van der Waals surface area contributed by atoms with Crippen molar-refractivity contribution in [1.29, 1.82) is 0 Å². The summed E-state index contributed by atoms with van der Waals surface area (Å²) in [6, 6.07) is 0. The van der Waals surface area contributed by atoms with Gasteiger partial charge in [0.15, 0.2) is 25.2 Å². The second kappa shape index (κ2) is 22.7. The van der Waals surface area contributed by atoms with Crippen LogP contribution in [0.15, 0.2) is 11.6 Å². The Hall–Kier alpha value is -1.43. The van der Waals surface area contributed by atoms with E-state index in [0.29, 0.717) is 44.4 Å². The predicted molar refractivity (Wildman–Crippen MR) is 250 cm³/mol. The van der Waals surface area contributed by atoms with Gasteiger partial charge < -0.3 is 104 Å². The molecule has 13 N–H and O–H groups in total. The third-order valence-corrected chi connectivity index (χ3v) is 18.7. The van der Waals surface area contributed by atoms with E-state index in [0.717, 1.165) is 12.0 Å². The van der Waals surface area contributed by atoms with Gasteiger partial charge in [-0.05, 0) is 93.8 Å². The van der Waals surface area contributed by atoms with E-state index in [1.54, 1.807) is 0 Å². The second-order valence-electron chi connectivity index (χ2n) is 23.5. The highest BCUT2D eigenvalue weighted by Crippen LogP contribution is 2.67. The van der Waals surface area contributed by atoms with Gasteiger partial charge in [-0.25, -0.2) is 0 Å². The fraction of sp³-hybridized carbons (Fsp3) is 0.941. The molecular formula is C51H84O22. The van der Waals surface area contributed by atoms with Crippen LogP contribution in [0.4, 0.5) is 0 Å². The number of rotatable bonds is 15. The van der Waals surface area contributed by atoms with Crippen molar-refractivity contribution in [2.24, 2.45) is 46.3 Å². The van der Waals surface area contributed by atoms with Crippen LogP contribution in [0.1, 0.15) is 99.8 Å². The molecule has 4 heterocycles. The van der Waals surface area contributed by atoms with Gasteiger partial charge in [0.05, 0.1) is 43.7 Å². The first kappa shape index (κ1) is 57.7. The summed E-state index contributed by atoms with van der Waals surface area (Å²) in [6.45, 7) is 11.7. The van der Waals surface area contributed by atoms with Gasteiger partial charge in [0, 0.05) is 17.8 Å². The van der Waals surface area contributed by atoms with Crippen LogP contribution in [0, 0.1) is 46.3 Å². The van der Waals surface area contributed by atoms with E-state index < -0.39 is 177 Å². The van der Waals surface area contributed by atoms with Crippen molar-refractivity contribution in [3.8, 4) is 0 Å². The standard InChI is InChI=1S/C51H84O22/c1-19(2)8-11-28(54)20(3)33-29(69-48-42(64)39(61)36(58)30(17-52)70-48)15-27-25-10-9-23-14-24(12-13-50(23,6)26(25)16-32(55)51(27,33)7)68-49-45(73-47-41(63)38(60)35(57)22(5)67-47)43(65)44(31(18-53)71-49)72-46-40(62)37(59)34(56)21(4)66-46/h9,19-22,24-31,33-49,52-54,56-65H,8,10-18H2,1-7H3/t20-,21+,22+,24+,25-,26+,27+,28-,29+,30-,31-,33+,34+,35+,36-,37-,38-,39+,40-,41-,42-,43+,44-,45-,46+,47+,48-,49-,50+,51-/m1/s1. The molecular weight excluding hydrogens is 965 g/mol. The number of Topliss-reactive ketones (excluding diaryl/α,β-unsaturated/α-hetero) is 1. The minimum Gasteiger partial charge on any atom is -0.394 e. The number of carbonyl (C=O) groups is 1. The van der Waals surface area contributed by atoms with Crippen LogP contribution >= 0.6 is 0 Å². The van der Waals surface area contributed by atoms with Crippen LogP contribution in [0.2, 0.25) is 0 Å². The summed E-state index contributed by atoms with van der Waals surface area (Å²) in [7, 11) is 0. The molecule has 0 amide bonds. The first-order valence-corrected chi connectivity index (χ1v) is 26.5. The van der Waals surface area contributed by atoms with Gasteiger partial charge in [-0.3, -0.25) is 4.79 Å². The Bertz CT molecular complexity index is 1890. The van der Waals surface area contributed by atoms with Crippen molar-refractivity contribution in [1.82, 2.24) is 0 Å². The molecule has 8 aliphatic rings. The van der Waals surface area contributed by atoms with E-state index in [1.165, 1.54) is 13.8 Å². The number of fused-ring (bicyclic) bond motifs is 5. The van der Waals surface area contributed by atoms with Crippen molar-refractivity contribution in [2.45, 2.75) is 241 Å². The molecule has 7 fully saturated rings. The van der Waals surface area contributed by atoms with Crippen molar-refractivity contribution >= 4 is 5.78 Å². The van der Waals surface area contributed by atoms with Crippen LogP contribution in [0.3, 0.4) is 0 Å². The summed E-state index contributed by atoms with van der Waals surface area (Å²) in [5, 5.41) is 140. The predicted octanol–water partition coefficient (Wildman–Crippen LogP) is -2.14. The van der Waals surface area contributed by atoms with E-state index in [2.05, 4.69) is 26.8 Å². The van der Waals surface area contributed by atoms with Gasteiger partial charge in [-0.1, -0.05) is 46.3 Å². The molecule has 73 heavy (non-hydrogen) atoms. The molecule has 22 nitrogen and oxygen atoms in total. The van der Waals surface area contributed by atoms with Crippen LogP contribution in [0.25, 0.3) is 0 Å². The molecule has 4 saturated heterocycles. The Morgan fingerprint density at radius 1 is 0.630 bits per heavy atom. The molecule has 0 bridgehead atoms. The summed E-state index contributed by atoms with van der Waals surface area (Å²) in [5.74, 6) is -0.916. The summed E-state index contributed by atoms with van der Waals surface area (Å²) in [5.41, 5.74) is -0.389. The molecule has 0 aromatic heterocycles. The molecule has 0 spiro atoms. The number of hydrogen-bond acceptors (Lipinski definition) is 22. The van der Waals surface area contributed by atoms with Crippen molar-refractivity contribution < 1.29 is 109 Å². The molecule has 8 rings (SSSR count). The highest BCUT2D eigenvalue weighted by Gasteiger charge is 2.67. The van der Waals surface area contributed by atoms with E-state index in [4.69, 9.17) is 37.9 Å². The van der Waals surface area contributed by atoms with Crippen LogP contribution < -0.4 is 0 Å². The smallest absolute Gasteiger partial charge is 0.187 e. The van der Waals surface area contributed by atoms with Gasteiger partial charge in [0.1, 0.15) is 91.2 Å². The highest BCUT2D eigenvalue weighted by molar-refractivity contribution is 5.87. The lowest BCUT2D eigenvalue weighted by atomic mass is 9.46. The average molecular weight is 1050 g/mol. The summed E-state index contributed by atoms with van der Waals surface area (Å²) >= 11 is 0. The fourth-order valence-corrected chi connectivity index (χ4v) is 14.1. The van der Waals surface area contributed by atoms with Gasteiger partial charge >= 0.3 is 0 Å². The minimum atomic E-state index is -1.80. The highest BCUT2D eigenvalue weighted by atomic mass is 16.8. The first-order valence-electron chi connectivity index (χ1n) is 26.5.